The maximum atomic E-state index is 12.8. The van der Waals surface area contributed by atoms with E-state index in [1.165, 1.54) is 10.7 Å². The summed E-state index contributed by atoms with van der Waals surface area (Å²) < 4.78 is 1.38. The molecule has 10 heteroatoms. The quantitative estimate of drug-likeness (QED) is 0.664. The van der Waals surface area contributed by atoms with Gasteiger partial charge in [0.25, 0.3) is 5.91 Å². The summed E-state index contributed by atoms with van der Waals surface area (Å²) in [6.07, 6.45) is 3.49. The second-order valence-electron chi connectivity index (χ2n) is 6.62. The summed E-state index contributed by atoms with van der Waals surface area (Å²) in [5.74, 6) is 1.02. The third-order valence-electron chi connectivity index (χ3n) is 4.68. The van der Waals surface area contributed by atoms with Gasteiger partial charge >= 0.3 is 0 Å². The van der Waals surface area contributed by atoms with Crippen LogP contribution < -0.4 is 10.6 Å². The van der Waals surface area contributed by atoms with Crippen molar-refractivity contribution < 1.29 is 4.79 Å². The molecular weight excluding hydrogens is 392 g/mol. The molecule has 4 rings (SSSR count). The number of fused-ring (bicyclic) bond motifs is 1. The Kier molecular flexibility index (Phi) is 5.18. The lowest BCUT2D eigenvalue weighted by atomic mass is 10.2. The average molecular weight is 411 g/mol. The van der Waals surface area contributed by atoms with E-state index in [-0.39, 0.29) is 16.8 Å². The molecule has 9 nitrogen and oxygen atoms in total. The highest BCUT2D eigenvalue weighted by Gasteiger charge is 2.23. The summed E-state index contributed by atoms with van der Waals surface area (Å²) in [5.41, 5.74) is 1.83. The van der Waals surface area contributed by atoms with E-state index in [1.807, 2.05) is 17.9 Å². The molecule has 0 atom stereocenters. The standard InChI is InChI=1S/C19H19ClN8O/c1-2-22-17-13(19(29)27-7-3-4-8-27)5-6-16(25-17)24-14-9-15(20)26-28-12(10-21)11-23-18(14)28/h5-6,9,11H,2-4,7-8H2,1H3,(H2,22,24,25). The van der Waals surface area contributed by atoms with Crippen molar-refractivity contribution in [3.05, 3.63) is 40.8 Å². The molecule has 0 saturated carbocycles. The Hall–Kier alpha value is -3.38. The van der Waals surface area contributed by atoms with Crippen molar-refractivity contribution >= 4 is 40.5 Å². The van der Waals surface area contributed by atoms with Gasteiger partial charge in [-0.15, -0.1) is 0 Å². The molecule has 0 bridgehead atoms. The number of nitrogens with zero attached hydrogens (tertiary/aromatic N) is 6. The number of pyridine rings is 1. The van der Waals surface area contributed by atoms with Crippen LogP contribution in [0.25, 0.3) is 5.65 Å². The van der Waals surface area contributed by atoms with Gasteiger partial charge in [0.15, 0.2) is 16.5 Å². The molecular formula is C19H19ClN8O. The van der Waals surface area contributed by atoms with Gasteiger partial charge < -0.3 is 15.5 Å². The lowest BCUT2D eigenvalue weighted by Gasteiger charge is -2.18. The molecule has 3 aromatic heterocycles. The molecule has 1 aliphatic heterocycles. The van der Waals surface area contributed by atoms with Crippen LogP contribution in [0.15, 0.2) is 24.4 Å². The zero-order valence-corrected chi connectivity index (χ0v) is 16.6. The van der Waals surface area contributed by atoms with E-state index < -0.39 is 0 Å². The largest absolute Gasteiger partial charge is 0.370 e. The number of carbonyl (C=O) groups excluding carboxylic acids is 1. The van der Waals surface area contributed by atoms with Crippen molar-refractivity contribution in [2.24, 2.45) is 0 Å². The minimum absolute atomic E-state index is 0.0150. The smallest absolute Gasteiger partial charge is 0.257 e. The van der Waals surface area contributed by atoms with Crippen LogP contribution >= 0.6 is 11.6 Å². The van der Waals surface area contributed by atoms with E-state index in [4.69, 9.17) is 11.6 Å². The number of nitrogens with one attached hydrogen (secondary N) is 2. The number of nitriles is 1. The second kappa shape index (κ2) is 7.93. The molecule has 1 amide bonds. The van der Waals surface area contributed by atoms with Gasteiger partial charge in [0.2, 0.25) is 0 Å². The number of rotatable bonds is 5. The van der Waals surface area contributed by atoms with Crippen molar-refractivity contribution in [1.29, 1.82) is 5.26 Å². The van der Waals surface area contributed by atoms with Gasteiger partial charge in [-0.2, -0.15) is 14.9 Å². The molecule has 0 aromatic carbocycles. The molecule has 4 heterocycles. The van der Waals surface area contributed by atoms with Crippen molar-refractivity contribution in [3.63, 3.8) is 0 Å². The third kappa shape index (κ3) is 3.67. The fourth-order valence-electron chi connectivity index (χ4n) is 3.34. The molecule has 1 aliphatic rings. The molecule has 0 unspecified atom stereocenters. The zero-order valence-electron chi connectivity index (χ0n) is 15.8. The molecule has 0 aliphatic carbocycles. The Labute approximate surface area is 172 Å². The number of likely N-dealkylation sites (tertiary alicyclic amines) is 1. The SMILES string of the molecule is CCNc1nc(Nc2cc(Cl)nn3c(C#N)cnc23)ccc1C(=O)N1CCCC1. The Morgan fingerprint density at radius 2 is 2.14 bits per heavy atom. The number of halogens is 1. The van der Waals surface area contributed by atoms with Crippen LogP contribution in [0.3, 0.4) is 0 Å². The number of hydrogen-bond donors (Lipinski definition) is 2. The number of carbonyl (C=O) groups is 1. The molecule has 0 radical (unpaired) electrons. The number of hydrogen-bond acceptors (Lipinski definition) is 7. The first-order chi connectivity index (χ1) is 14.1. The fraction of sp³-hybridized carbons (Fsp3) is 0.316. The van der Waals surface area contributed by atoms with E-state index in [9.17, 15) is 10.1 Å². The number of imidazole rings is 1. The Morgan fingerprint density at radius 1 is 1.34 bits per heavy atom. The van der Waals surface area contributed by atoms with E-state index in [2.05, 4.69) is 25.7 Å². The summed E-state index contributed by atoms with van der Waals surface area (Å²) in [4.78, 5) is 23.5. The molecule has 29 heavy (non-hydrogen) atoms. The van der Waals surface area contributed by atoms with Gasteiger partial charge in [0.05, 0.1) is 17.4 Å². The molecule has 2 N–H and O–H groups in total. The number of anilines is 3. The predicted octanol–water partition coefficient (Wildman–Crippen LogP) is 3.06. The molecule has 0 spiro atoms. The summed E-state index contributed by atoms with van der Waals surface area (Å²) in [6.45, 7) is 4.14. The fourth-order valence-corrected chi connectivity index (χ4v) is 3.52. The van der Waals surface area contributed by atoms with E-state index in [1.54, 1.807) is 18.2 Å². The number of aromatic nitrogens is 4. The van der Waals surface area contributed by atoms with Crippen LogP contribution in [0.5, 0.6) is 0 Å². The van der Waals surface area contributed by atoms with E-state index in [0.29, 0.717) is 35.1 Å². The summed E-state index contributed by atoms with van der Waals surface area (Å²) >= 11 is 6.10. The van der Waals surface area contributed by atoms with Gasteiger partial charge in [-0.1, -0.05) is 11.6 Å². The normalized spacial score (nSPS) is 13.5. The molecule has 1 fully saturated rings. The molecule has 3 aromatic rings. The van der Waals surface area contributed by atoms with Gasteiger partial charge in [0.1, 0.15) is 17.7 Å². The minimum Gasteiger partial charge on any atom is -0.370 e. The van der Waals surface area contributed by atoms with Crippen LogP contribution in [0.1, 0.15) is 35.8 Å². The summed E-state index contributed by atoms with van der Waals surface area (Å²) in [7, 11) is 0. The van der Waals surface area contributed by atoms with Gasteiger partial charge in [-0.05, 0) is 31.9 Å². The predicted molar refractivity (Wildman–Crippen MR) is 110 cm³/mol. The summed E-state index contributed by atoms with van der Waals surface area (Å²) in [6, 6.07) is 7.14. The van der Waals surface area contributed by atoms with Crippen molar-refractivity contribution in [1.82, 2.24) is 24.5 Å². The maximum Gasteiger partial charge on any atom is 0.257 e. The Morgan fingerprint density at radius 3 is 2.86 bits per heavy atom. The van der Waals surface area contributed by atoms with Gasteiger partial charge in [-0.25, -0.2) is 9.97 Å². The first-order valence-corrected chi connectivity index (χ1v) is 9.74. The van der Waals surface area contributed by atoms with Crippen LogP contribution in [-0.4, -0.2) is 50.0 Å². The highest BCUT2D eigenvalue weighted by Crippen LogP contribution is 2.26. The Balaban J connectivity index is 1.68. The van der Waals surface area contributed by atoms with Gasteiger partial charge in [0, 0.05) is 25.7 Å². The first kappa shape index (κ1) is 19.0. The minimum atomic E-state index is -0.0150. The number of amides is 1. The van der Waals surface area contributed by atoms with Crippen LogP contribution in [-0.2, 0) is 0 Å². The molecule has 1 saturated heterocycles. The van der Waals surface area contributed by atoms with Gasteiger partial charge in [-0.3, -0.25) is 4.79 Å². The third-order valence-corrected chi connectivity index (χ3v) is 4.86. The Bertz CT molecular complexity index is 1110. The highest BCUT2D eigenvalue weighted by atomic mass is 35.5. The maximum absolute atomic E-state index is 12.8. The average Bonchev–Trinajstić information content (AvgIpc) is 3.38. The van der Waals surface area contributed by atoms with Crippen molar-refractivity contribution in [2.45, 2.75) is 19.8 Å². The molecule has 148 valence electrons. The van der Waals surface area contributed by atoms with Crippen LogP contribution in [0.4, 0.5) is 17.3 Å². The topological polar surface area (TPSA) is 111 Å². The lowest BCUT2D eigenvalue weighted by molar-refractivity contribution is 0.0793. The van der Waals surface area contributed by atoms with E-state index >= 15 is 0 Å². The first-order valence-electron chi connectivity index (χ1n) is 9.36. The van der Waals surface area contributed by atoms with Crippen LogP contribution in [0, 0.1) is 11.3 Å². The van der Waals surface area contributed by atoms with Crippen molar-refractivity contribution in [3.8, 4) is 6.07 Å². The second-order valence-corrected chi connectivity index (χ2v) is 7.01. The van der Waals surface area contributed by atoms with E-state index in [0.717, 1.165) is 25.9 Å². The summed E-state index contributed by atoms with van der Waals surface area (Å²) in [5, 5.41) is 19.8. The zero-order chi connectivity index (χ0) is 20.4. The highest BCUT2D eigenvalue weighted by molar-refractivity contribution is 6.29. The van der Waals surface area contributed by atoms with Crippen molar-refractivity contribution in [2.75, 3.05) is 30.3 Å². The van der Waals surface area contributed by atoms with Crippen LogP contribution in [0.2, 0.25) is 5.15 Å². The lowest BCUT2D eigenvalue weighted by Crippen LogP contribution is -2.28. The monoisotopic (exact) mass is 410 g/mol.